The summed E-state index contributed by atoms with van der Waals surface area (Å²) in [5, 5.41) is 3.01. The molecule has 0 fully saturated rings. The van der Waals surface area contributed by atoms with Gasteiger partial charge in [0, 0.05) is 42.5 Å². The first-order valence-corrected chi connectivity index (χ1v) is 7.30. The van der Waals surface area contributed by atoms with Crippen molar-refractivity contribution in [2.45, 2.75) is 6.54 Å². The van der Waals surface area contributed by atoms with Crippen LogP contribution in [0.5, 0.6) is 0 Å². The van der Waals surface area contributed by atoms with E-state index in [9.17, 15) is 4.79 Å². The number of nitrogens with zero attached hydrogens (tertiary/aromatic N) is 5. The molecule has 0 aliphatic heterocycles. The van der Waals surface area contributed by atoms with Gasteiger partial charge >= 0.3 is 0 Å². The van der Waals surface area contributed by atoms with Crippen LogP contribution < -0.4 is 11.1 Å². The van der Waals surface area contributed by atoms with E-state index in [2.05, 4.69) is 30.1 Å². The standard InChI is InChI=1S/C17H13N7O/c1-19-14-4-2-3-12(5-14)15(25)13-9-23-17(24-10-13)22-8-11-6-20-16(18)21-7-11/h2-7,9-10H,8H2,(H2,18,20,21)(H,22,23,24). The fraction of sp³-hybridized carbons (Fsp3) is 0.0588. The molecule has 0 saturated carbocycles. The largest absolute Gasteiger partial charge is 0.368 e. The average molecular weight is 331 g/mol. The highest BCUT2D eigenvalue weighted by molar-refractivity contribution is 6.09. The molecule has 122 valence electrons. The van der Waals surface area contributed by atoms with Crippen LogP contribution in [0.3, 0.4) is 0 Å². The zero-order chi connectivity index (χ0) is 17.6. The maximum Gasteiger partial charge on any atom is 0.222 e. The quantitative estimate of drug-likeness (QED) is 0.545. The third-order valence-corrected chi connectivity index (χ3v) is 3.33. The summed E-state index contributed by atoms with van der Waals surface area (Å²) < 4.78 is 0. The summed E-state index contributed by atoms with van der Waals surface area (Å²) in [6, 6.07) is 6.52. The van der Waals surface area contributed by atoms with Crippen LogP contribution in [0.2, 0.25) is 0 Å². The lowest BCUT2D eigenvalue weighted by Crippen LogP contribution is -2.07. The van der Waals surface area contributed by atoms with Gasteiger partial charge in [-0.15, -0.1) is 0 Å². The Morgan fingerprint density at radius 3 is 2.48 bits per heavy atom. The van der Waals surface area contributed by atoms with Gasteiger partial charge in [-0.1, -0.05) is 18.2 Å². The van der Waals surface area contributed by atoms with Crippen molar-refractivity contribution in [3.05, 3.63) is 77.2 Å². The van der Waals surface area contributed by atoms with Gasteiger partial charge in [0.05, 0.1) is 12.1 Å². The molecule has 0 unspecified atom stereocenters. The number of aromatic nitrogens is 4. The fourth-order valence-electron chi connectivity index (χ4n) is 2.06. The topological polar surface area (TPSA) is 111 Å². The zero-order valence-electron chi connectivity index (χ0n) is 13.0. The molecule has 2 aromatic heterocycles. The van der Waals surface area contributed by atoms with Gasteiger partial charge in [0.15, 0.2) is 11.5 Å². The number of nitrogens with two attached hydrogens (primary N) is 1. The molecule has 0 aliphatic carbocycles. The number of carbonyl (C=O) groups is 1. The minimum atomic E-state index is -0.232. The van der Waals surface area contributed by atoms with Gasteiger partial charge in [0.25, 0.3) is 0 Å². The van der Waals surface area contributed by atoms with E-state index in [1.54, 1.807) is 36.7 Å². The number of nitrogens with one attached hydrogen (secondary N) is 1. The maximum atomic E-state index is 12.4. The Morgan fingerprint density at radius 1 is 1.08 bits per heavy atom. The van der Waals surface area contributed by atoms with Crippen molar-refractivity contribution in [2.75, 3.05) is 11.1 Å². The van der Waals surface area contributed by atoms with Crippen LogP contribution in [0.15, 0.2) is 49.1 Å². The van der Waals surface area contributed by atoms with Crippen LogP contribution in [0.1, 0.15) is 21.5 Å². The first-order valence-electron chi connectivity index (χ1n) is 7.30. The first-order chi connectivity index (χ1) is 12.2. The number of ketones is 1. The SMILES string of the molecule is [C-]#[N+]c1cccc(C(=O)c2cnc(NCc3cnc(N)nc3)nc2)c1. The number of hydrogen-bond donors (Lipinski definition) is 2. The first kappa shape index (κ1) is 16.0. The van der Waals surface area contributed by atoms with Gasteiger partial charge < -0.3 is 11.1 Å². The lowest BCUT2D eigenvalue weighted by atomic mass is 10.1. The van der Waals surface area contributed by atoms with E-state index >= 15 is 0 Å². The van der Waals surface area contributed by atoms with E-state index in [0.717, 1.165) is 5.56 Å². The van der Waals surface area contributed by atoms with Gasteiger partial charge in [0.2, 0.25) is 11.9 Å². The molecule has 3 rings (SSSR count). The molecule has 0 atom stereocenters. The van der Waals surface area contributed by atoms with Gasteiger partial charge in [-0.2, -0.15) is 0 Å². The van der Waals surface area contributed by atoms with Crippen molar-refractivity contribution in [2.24, 2.45) is 0 Å². The summed E-state index contributed by atoms with van der Waals surface area (Å²) in [5.41, 5.74) is 7.45. The Labute approximate surface area is 143 Å². The number of benzene rings is 1. The summed E-state index contributed by atoms with van der Waals surface area (Å²) in [4.78, 5) is 31.8. The fourth-order valence-corrected chi connectivity index (χ4v) is 2.06. The smallest absolute Gasteiger partial charge is 0.222 e. The molecule has 8 nitrogen and oxygen atoms in total. The van der Waals surface area contributed by atoms with Crippen molar-refractivity contribution >= 4 is 23.4 Å². The lowest BCUT2D eigenvalue weighted by molar-refractivity contribution is 0.103. The molecule has 3 N–H and O–H groups in total. The monoisotopic (exact) mass is 331 g/mol. The predicted octanol–water partition coefficient (Wildman–Crippen LogP) is 2.24. The Morgan fingerprint density at radius 2 is 1.80 bits per heavy atom. The molecule has 0 aliphatic rings. The van der Waals surface area contributed by atoms with E-state index in [4.69, 9.17) is 12.3 Å². The minimum absolute atomic E-state index is 0.213. The summed E-state index contributed by atoms with van der Waals surface area (Å²) >= 11 is 0. The van der Waals surface area contributed by atoms with Crippen molar-refractivity contribution in [1.82, 2.24) is 19.9 Å². The molecule has 25 heavy (non-hydrogen) atoms. The average Bonchev–Trinajstić information content (AvgIpc) is 2.67. The predicted molar refractivity (Wildman–Crippen MR) is 91.9 cm³/mol. The molecular formula is C17H13N7O. The minimum Gasteiger partial charge on any atom is -0.368 e. The van der Waals surface area contributed by atoms with Gasteiger partial charge in [-0.25, -0.2) is 24.8 Å². The highest BCUT2D eigenvalue weighted by Gasteiger charge is 2.11. The molecule has 0 amide bonds. The van der Waals surface area contributed by atoms with Crippen LogP contribution in [-0.4, -0.2) is 25.7 Å². The molecule has 0 saturated heterocycles. The Hall–Kier alpha value is -3.86. The van der Waals surface area contributed by atoms with Crippen molar-refractivity contribution in [3.63, 3.8) is 0 Å². The molecule has 0 spiro atoms. The Kier molecular flexibility index (Phi) is 4.58. The maximum absolute atomic E-state index is 12.4. The van der Waals surface area contributed by atoms with E-state index in [1.807, 2.05) is 0 Å². The van der Waals surface area contributed by atoms with Crippen LogP contribution >= 0.6 is 0 Å². The molecule has 3 aromatic rings. The third-order valence-electron chi connectivity index (χ3n) is 3.33. The van der Waals surface area contributed by atoms with Crippen LogP contribution in [0.25, 0.3) is 4.85 Å². The van der Waals surface area contributed by atoms with E-state index < -0.39 is 0 Å². The second kappa shape index (κ2) is 7.14. The van der Waals surface area contributed by atoms with Crippen LogP contribution in [0.4, 0.5) is 17.6 Å². The molecule has 0 radical (unpaired) electrons. The van der Waals surface area contributed by atoms with Crippen LogP contribution in [0, 0.1) is 6.57 Å². The van der Waals surface area contributed by atoms with Crippen molar-refractivity contribution < 1.29 is 4.79 Å². The lowest BCUT2D eigenvalue weighted by Gasteiger charge is -2.05. The van der Waals surface area contributed by atoms with Gasteiger partial charge in [-0.05, 0) is 6.07 Å². The molecular weight excluding hydrogens is 318 g/mol. The van der Waals surface area contributed by atoms with Gasteiger partial charge in [-0.3, -0.25) is 4.79 Å². The Balaban J connectivity index is 1.68. The summed E-state index contributed by atoms with van der Waals surface area (Å²) in [5.74, 6) is 0.359. The molecule has 1 aromatic carbocycles. The number of anilines is 2. The van der Waals surface area contributed by atoms with E-state index in [1.165, 1.54) is 12.4 Å². The number of rotatable bonds is 5. The summed E-state index contributed by atoms with van der Waals surface area (Å²) in [7, 11) is 0. The second-order valence-corrected chi connectivity index (χ2v) is 5.09. The second-order valence-electron chi connectivity index (χ2n) is 5.09. The molecule has 8 heteroatoms. The number of carbonyl (C=O) groups excluding carboxylic acids is 1. The highest BCUT2D eigenvalue weighted by Crippen LogP contribution is 2.17. The Bertz CT molecular complexity index is 930. The van der Waals surface area contributed by atoms with E-state index in [0.29, 0.717) is 29.3 Å². The zero-order valence-corrected chi connectivity index (χ0v) is 13.0. The van der Waals surface area contributed by atoms with Gasteiger partial charge in [0.1, 0.15) is 0 Å². The molecule has 0 bridgehead atoms. The van der Waals surface area contributed by atoms with Crippen molar-refractivity contribution in [1.29, 1.82) is 0 Å². The van der Waals surface area contributed by atoms with E-state index in [-0.39, 0.29) is 11.7 Å². The summed E-state index contributed by atoms with van der Waals surface area (Å²) in [6.45, 7) is 7.44. The molecule has 2 heterocycles. The normalized spacial score (nSPS) is 10.0. The highest BCUT2D eigenvalue weighted by atomic mass is 16.1. The van der Waals surface area contributed by atoms with Crippen LogP contribution in [-0.2, 0) is 6.54 Å². The van der Waals surface area contributed by atoms with Crippen molar-refractivity contribution in [3.8, 4) is 0 Å². The third kappa shape index (κ3) is 3.92. The summed E-state index contributed by atoms with van der Waals surface area (Å²) in [6.07, 6.45) is 6.11. The number of hydrogen-bond acceptors (Lipinski definition) is 7. The number of nitrogen functional groups attached to an aromatic ring is 1.